The Kier molecular flexibility index (Phi) is 13.0. The molecule has 6 aromatic carbocycles. The minimum atomic E-state index is -1.45. The molecule has 0 atom stereocenters. The molecule has 2 aliphatic rings. The van der Waals surface area contributed by atoms with Crippen LogP contribution >= 0.6 is 15.8 Å². The van der Waals surface area contributed by atoms with Gasteiger partial charge in [-0.05, 0) is 47.7 Å². The standard InChI is InChI=1S/2C18H15P.B4H2O7/c2*1-4-10-16(11-5-1)19(17-12-6-2-7-13-17)18-14-8-3-9-15-18;5-1-7-3-9-2(6)10-4(8-1)11-3/h2*1-15H;5-6H. The second-order valence-corrected chi connectivity index (χ2v) is 15.0. The minimum absolute atomic E-state index is 0.446. The molecule has 2 bridgehead atoms. The molecule has 49 heavy (non-hydrogen) atoms. The topological polar surface area (TPSA) is 86.6 Å². The Bertz CT molecular complexity index is 1470. The van der Waals surface area contributed by atoms with Gasteiger partial charge in [-0.25, -0.2) is 0 Å². The van der Waals surface area contributed by atoms with Crippen molar-refractivity contribution in [2.24, 2.45) is 0 Å². The van der Waals surface area contributed by atoms with Crippen LogP contribution in [0.5, 0.6) is 0 Å². The summed E-state index contributed by atoms with van der Waals surface area (Å²) >= 11 is 0. The van der Waals surface area contributed by atoms with Gasteiger partial charge in [-0.2, -0.15) is 0 Å². The van der Waals surface area contributed by atoms with E-state index in [0.29, 0.717) is 0 Å². The van der Waals surface area contributed by atoms with Crippen molar-refractivity contribution in [3.63, 3.8) is 0 Å². The third-order valence-corrected chi connectivity index (χ3v) is 12.1. The van der Waals surface area contributed by atoms with Crippen molar-refractivity contribution < 1.29 is 32.9 Å². The SMILES string of the molecule is OB1OB2OB(O)OB(O1)O2.c1ccc(P(c2ccccc2)c2ccccc2)cc1.c1ccc(P(c2ccccc2)c2ccccc2)cc1. The summed E-state index contributed by atoms with van der Waals surface area (Å²) in [6.45, 7) is 0. The van der Waals surface area contributed by atoms with Crippen LogP contribution in [0, 0.1) is 0 Å². The van der Waals surface area contributed by atoms with E-state index >= 15 is 0 Å². The van der Waals surface area contributed by atoms with Gasteiger partial charge >= 0.3 is 29.3 Å². The molecule has 0 unspecified atom stereocenters. The van der Waals surface area contributed by atoms with Crippen molar-refractivity contribution in [2.45, 2.75) is 0 Å². The van der Waals surface area contributed by atoms with Crippen molar-refractivity contribution in [3.8, 4) is 0 Å². The molecule has 0 spiro atoms. The number of hydrogen-bond donors (Lipinski definition) is 2. The molecule has 0 saturated carbocycles. The zero-order valence-corrected chi connectivity index (χ0v) is 28.2. The first-order chi connectivity index (χ1) is 24.1. The Morgan fingerprint density at radius 1 is 0.286 bits per heavy atom. The van der Waals surface area contributed by atoms with Gasteiger partial charge in [-0.1, -0.05) is 182 Å². The van der Waals surface area contributed by atoms with E-state index in [4.69, 9.17) is 10.0 Å². The van der Waals surface area contributed by atoms with Crippen molar-refractivity contribution in [1.82, 2.24) is 0 Å². The molecule has 2 saturated heterocycles. The molecule has 2 aliphatic heterocycles. The van der Waals surface area contributed by atoms with Crippen molar-refractivity contribution in [2.75, 3.05) is 0 Å². The summed E-state index contributed by atoms with van der Waals surface area (Å²) in [7, 11) is -6.09. The van der Waals surface area contributed by atoms with E-state index in [-0.39, 0.29) is 0 Å². The smallest absolute Gasteiger partial charge is 0.403 e. The first-order valence-electron chi connectivity index (χ1n) is 15.7. The predicted molar refractivity (Wildman–Crippen MR) is 203 cm³/mol. The van der Waals surface area contributed by atoms with Gasteiger partial charge < -0.3 is 32.9 Å². The van der Waals surface area contributed by atoms with Crippen LogP contribution in [0.4, 0.5) is 0 Å². The van der Waals surface area contributed by atoms with Gasteiger partial charge in [0.05, 0.1) is 0 Å². The third-order valence-electron chi connectivity index (χ3n) is 7.22. The molecule has 0 aliphatic carbocycles. The normalized spacial score (nSPS) is 13.7. The summed E-state index contributed by atoms with van der Waals surface area (Å²) in [5.74, 6) is 0. The van der Waals surface area contributed by atoms with E-state index in [9.17, 15) is 0 Å². The zero-order valence-electron chi connectivity index (χ0n) is 26.5. The highest BCUT2D eigenvalue weighted by molar-refractivity contribution is 7.80. The Morgan fingerprint density at radius 2 is 0.469 bits per heavy atom. The quantitative estimate of drug-likeness (QED) is 0.204. The van der Waals surface area contributed by atoms with Gasteiger partial charge in [0.25, 0.3) is 0 Å². The van der Waals surface area contributed by atoms with Gasteiger partial charge in [0.2, 0.25) is 0 Å². The molecule has 0 radical (unpaired) electrons. The van der Waals surface area contributed by atoms with Gasteiger partial charge in [-0.15, -0.1) is 0 Å². The van der Waals surface area contributed by atoms with Crippen LogP contribution in [0.3, 0.4) is 0 Å². The molecule has 2 heterocycles. The average molecular weight is 682 g/mol. The third kappa shape index (κ3) is 10.1. The molecule has 2 N–H and O–H groups in total. The summed E-state index contributed by atoms with van der Waals surface area (Å²) in [6.07, 6.45) is 0. The second-order valence-electron chi connectivity index (χ2n) is 10.6. The van der Waals surface area contributed by atoms with E-state index < -0.39 is 45.1 Å². The minimum Gasteiger partial charge on any atom is -0.403 e. The number of benzene rings is 6. The second kappa shape index (κ2) is 18.2. The van der Waals surface area contributed by atoms with Crippen LogP contribution in [0.2, 0.25) is 0 Å². The molecule has 2 fully saturated rings. The first kappa shape index (κ1) is 35.0. The van der Waals surface area contributed by atoms with E-state index in [1.54, 1.807) is 0 Å². The van der Waals surface area contributed by atoms with Crippen LogP contribution in [-0.2, 0) is 22.9 Å². The molecule has 13 heteroatoms. The van der Waals surface area contributed by atoms with Gasteiger partial charge in [-0.3, -0.25) is 0 Å². The van der Waals surface area contributed by atoms with E-state index in [1.165, 1.54) is 31.8 Å². The number of rotatable bonds is 6. The Labute approximate surface area is 291 Å². The average Bonchev–Trinajstić information content (AvgIpc) is 3.15. The highest BCUT2D eigenvalue weighted by atomic mass is 31.1. The lowest BCUT2D eigenvalue weighted by molar-refractivity contribution is 0.0834. The number of fused-ring (bicyclic) bond motifs is 2. The highest BCUT2D eigenvalue weighted by Gasteiger charge is 2.52. The highest BCUT2D eigenvalue weighted by Crippen LogP contribution is 2.33. The molecule has 240 valence electrons. The summed E-state index contributed by atoms with van der Waals surface area (Å²) in [4.78, 5) is 0. The summed E-state index contributed by atoms with van der Waals surface area (Å²) in [5.41, 5.74) is 0. The molecule has 8 rings (SSSR count). The van der Waals surface area contributed by atoms with Crippen LogP contribution in [-0.4, -0.2) is 39.3 Å². The predicted octanol–water partition coefficient (Wildman–Crippen LogP) is 3.91. The van der Waals surface area contributed by atoms with Crippen LogP contribution < -0.4 is 31.8 Å². The molecule has 0 amide bonds. The fraction of sp³-hybridized carbons (Fsp3) is 0. The van der Waals surface area contributed by atoms with Crippen LogP contribution in [0.1, 0.15) is 0 Å². The maximum atomic E-state index is 8.74. The fourth-order valence-corrected chi connectivity index (χ4v) is 9.69. The van der Waals surface area contributed by atoms with E-state index in [2.05, 4.69) is 205 Å². The van der Waals surface area contributed by atoms with Crippen LogP contribution in [0.25, 0.3) is 0 Å². The molecule has 6 aromatic rings. The summed E-state index contributed by atoms with van der Waals surface area (Å²) < 4.78 is 22.6. The molecule has 0 aromatic heterocycles. The van der Waals surface area contributed by atoms with Gasteiger partial charge in [0.15, 0.2) is 0 Å². The van der Waals surface area contributed by atoms with Gasteiger partial charge in [0, 0.05) is 0 Å². The monoisotopic (exact) mass is 682 g/mol. The largest absolute Gasteiger partial charge is 0.612 e. The first-order valence-corrected chi connectivity index (χ1v) is 18.4. The lowest BCUT2D eigenvalue weighted by atomic mass is 9.90. The Hall–Kier alpha value is -3.84. The lowest BCUT2D eigenvalue weighted by Crippen LogP contribution is -2.59. The zero-order chi connectivity index (χ0) is 33.7. The number of hydrogen-bond acceptors (Lipinski definition) is 7. The molecular formula is C36H32B4O7P2. The summed E-state index contributed by atoms with van der Waals surface area (Å²) in [6, 6.07) is 64.7. The van der Waals surface area contributed by atoms with E-state index in [1.807, 2.05) is 0 Å². The maximum Gasteiger partial charge on any atom is 0.612 e. The molecular weight excluding hydrogens is 650 g/mol. The van der Waals surface area contributed by atoms with Crippen LogP contribution in [0.15, 0.2) is 182 Å². The Balaban J connectivity index is 0.000000132. The molecule has 7 nitrogen and oxygen atoms in total. The lowest BCUT2D eigenvalue weighted by Gasteiger charge is -2.31. The Morgan fingerprint density at radius 3 is 0.653 bits per heavy atom. The van der Waals surface area contributed by atoms with Crippen molar-refractivity contribution in [1.29, 1.82) is 0 Å². The van der Waals surface area contributed by atoms with Crippen molar-refractivity contribution >= 4 is 77.0 Å². The summed E-state index contributed by atoms with van der Waals surface area (Å²) in [5, 5.41) is 25.9. The van der Waals surface area contributed by atoms with E-state index in [0.717, 1.165) is 0 Å². The van der Waals surface area contributed by atoms with Gasteiger partial charge in [0.1, 0.15) is 0 Å². The van der Waals surface area contributed by atoms with Crippen molar-refractivity contribution in [3.05, 3.63) is 182 Å². The maximum absolute atomic E-state index is 8.74. The fourth-order valence-electron chi connectivity index (χ4n) is 5.08.